The average molecular weight is 303 g/mol. The quantitative estimate of drug-likeness (QED) is 0.634. The molecule has 19 heavy (non-hydrogen) atoms. The zero-order valence-corrected chi connectivity index (χ0v) is 12.6. The molecule has 1 aliphatic heterocycles. The third kappa shape index (κ3) is 4.32. The summed E-state index contributed by atoms with van der Waals surface area (Å²) in [6.07, 6.45) is 2.49. The number of nitrogens with zero attached hydrogens (tertiary/aromatic N) is 2. The molecular weight excluding hydrogens is 286 g/mol. The molecule has 2 heterocycles. The number of esters is 1. The van der Waals surface area contributed by atoms with Crippen LogP contribution in [0.5, 0.6) is 0 Å². The van der Waals surface area contributed by atoms with Gasteiger partial charge in [-0.15, -0.1) is 10.2 Å². The average Bonchev–Trinajstić information content (AvgIpc) is 3.06. The number of hydrogen-bond donors (Lipinski definition) is 1. The van der Waals surface area contributed by atoms with E-state index in [-0.39, 0.29) is 17.3 Å². The Kier molecular flexibility index (Phi) is 5.41. The monoisotopic (exact) mass is 303 g/mol. The maximum absolute atomic E-state index is 11.3. The highest BCUT2D eigenvalue weighted by molar-refractivity contribution is 8.02. The Balaban J connectivity index is 1.79. The summed E-state index contributed by atoms with van der Waals surface area (Å²) in [7, 11) is 1.38. The maximum Gasteiger partial charge on any atom is 0.318 e. The Morgan fingerprint density at radius 1 is 1.68 bits per heavy atom. The van der Waals surface area contributed by atoms with Gasteiger partial charge < -0.3 is 14.8 Å². The number of carbonyl (C=O) groups excluding carboxylic acids is 1. The van der Waals surface area contributed by atoms with E-state index in [2.05, 4.69) is 20.3 Å². The lowest BCUT2D eigenvalue weighted by atomic mass is 10.2. The molecule has 0 saturated carbocycles. The van der Waals surface area contributed by atoms with E-state index in [4.69, 9.17) is 4.74 Å². The molecule has 1 N–H and O–H groups in total. The lowest BCUT2D eigenvalue weighted by Gasteiger charge is -2.08. The van der Waals surface area contributed by atoms with Crippen molar-refractivity contribution >= 4 is 34.2 Å². The van der Waals surface area contributed by atoms with Gasteiger partial charge in [0.25, 0.3) is 0 Å². The van der Waals surface area contributed by atoms with E-state index in [1.807, 2.05) is 0 Å². The highest BCUT2D eigenvalue weighted by Gasteiger charge is 2.18. The minimum absolute atomic E-state index is 0.255. The van der Waals surface area contributed by atoms with Crippen molar-refractivity contribution in [2.24, 2.45) is 0 Å². The molecule has 0 aliphatic carbocycles. The normalized spacial score (nSPS) is 20.2. The molecule has 1 fully saturated rings. The number of thioether (sulfide) groups is 1. The van der Waals surface area contributed by atoms with Crippen LogP contribution in [-0.2, 0) is 14.3 Å². The Morgan fingerprint density at radius 2 is 2.53 bits per heavy atom. The zero-order chi connectivity index (χ0) is 13.7. The van der Waals surface area contributed by atoms with Gasteiger partial charge in [0.1, 0.15) is 5.25 Å². The van der Waals surface area contributed by atoms with Gasteiger partial charge in [-0.1, -0.05) is 23.1 Å². The topological polar surface area (TPSA) is 73.3 Å². The molecule has 1 saturated heterocycles. The summed E-state index contributed by atoms with van der Waals surface area (Å²) in [5.41, 5.74) is 0. The minimum Gasteiger partial charge on any atom is -0.468 e. The molecule has 1 aromatic rings. The summed E-state index contributed by atoms with van der Waals surface area (Å²) in [6.45, 7) is 3.39. The van der Waals surface area contributed by atoms with Crippen molar-refractivity contribution < 1.29 is 14.3 Å². The predicted molar refractivity (Wildman–Crippen MR) is 74.7 cm³/mol. The van der Waals surface area contributed by atoms with Gasteiger partial charge in [0, 0.05) is 13.2 Å². The van der Waals surface area contributed by atoms with Crippen LogP contribution in [0.25, 0.3) is 0 Å². The van der Waals surface area contributed by atoms with Crippen molar-refractivity contribution in [1.82, 2.24) is 10.2 Å². The number of nitrogens with one attached hydrogen (secondary N) is 1. The van der Waals surface area contributed by atoms with Crippen LogP contribution in [-0.4, -0.2) is 47.8 Å². The van der Waals surface area contributed by atoms with E-state index in [1.54, 1.807) is 6.92 Å². The molecule has 2 rings (SSSR count). The molecule has 0 bridgehead atoms. The predicted octanol–water partition coefficient (Wildman–Crippen LogP) is 1.78. The van der Waals surface area contributed by atoms with Gasteiger partial charge in [-0.2, -0.15) is 0 Å². The van der Waals surface area contributed by atoms with E-state index in [9.17, 15) is 4.79 Å². The Hall–Kier alpha value is -0.860. The van der Waals surface area contributed by atoms with Crippen molar-refractivity contribution in [1.29, 1.82) is 0 Å². The van der Waals surface area contributed by atoms with Crippen LogP contribution >= 0.6 is 23.1 Å². The van der Waals surface area contributed by atoms with Crippen LogP contribution in [0, 0.1) is 0 Å². The summed E-state index contributed by atoms with van der Waals surface area (Å²) < 4.78 is 10.9. The van der Waals surface area contributed by atoms with Gasteiger partial charge in [-0.25, -0.2) is 0 Å². The number of ether oxygens (including phenoxy) is 2. The molecule has 8 heteroatoms. The molecule has 0 aromatic carbocycles. The number of rotatable bonds is 6. The summed E-state index contributed by atoms with van der Waals surface area (Å²) in [5, 5.41) is 11.8. The first-order chi connectivity index (χ1) is 9.19. The van der Waals surface area contributed by atoms with E-state index >= 15 is 0 Å². The molecule has 0 radical (unpaired) electrons. The Morgan fingerprint density at radius 3 is 3.21 bits per heavy atom. The zero-order valence-electron chi connectivity index (χ0n) is 10.9. The van der Waals surface area contributed by atoms with Crippen molar-refractivity contribution in [3.63, 3.8) is 0 Å². The smallest absolute Gasteiger partial charge is 0.318 e. The molecule has 0 spiro atoms. The molecule has 106 valence electrons. The van der Waals surface area contributed by atoms with Crippen LogP contribution in [0.15, 0.2) is 4.34 Å². The third-order valence-electron chi connectivity index (χ3n) is 2.72. The standard InChI is InChI=1S/C11H17N3O3S2/c1-7(9(15)16-2)18-11-14-13-10(19-11)12-6-8-4-3-5-17-8/h7-8H,3-6H2,1-2H3,(H,12,13)/t7-,8-/m1/s1. The number of aromatic nitrogens is 2. The molecule has 1 aromatic heterocycles. The van der Waals surface area contributed by atoms with Crippen molar-refractivity contribution in [2.75, 3.05) is 25.6 Å². The second-order valence-electron chi connectivity index (χ2n) is 4.17. The second kappa shape index (κ2) is 7.06. The minimum atomic E-state index is -0.274. The van der Waals surface area contributed by atoms with Gasteiger partial charge in [-0.3, -0.25) is 4.79 Å². The van der Waals surface area contributed by atoms with Crippen LogP contribution in [0.2, 0.25) is 0 Å². The van der Waals surface area contributed by atoms with E-state index in [0.717, 1.165) is 35.5 Å². The maximum atomic E-state index is 11.3. The van der Waals surface area contributed by atoms with E-state index in [0.29, 0.717) is 0 Å². The van der Waals surface area contributed by atoms with Gasteiger partial charge in [0.2, 0.25) is 5.13 Å². The fraction of sp³-hybridized carbons (Fsp3) is 0.727. The van der Waals surface area contributed by atoms with Crippen LogP contribution < -0.4 is 5.32 Å². The first kappa shape index (κ1) is 14.5. The van der Waals surface area contributed by atoms with Gasteiger partial charge >= 0.3 is 5.97 Å². The molecule has 2 atom stereocenters. The highest BCUT2D eigenvalue weighted by Crippen LogP contribution is 2.29. The summed E-state index contributed by atoms with van der Waals surface area (Å²) >= 11 is 2.79. The molecule has 1 aliphatic rings. The largest absolute Gasteiger partial charge is 0.468 e. The fourth-order valence-corrected chi connectivity index (χ4v) is 3.63. The number of anilines is 1. The first-order valence-corrected chi connectivity index (χ1v) is 7.82. The summed E-state index contributed by atoms with van der Waals surface area (Å²) in [6, 6.07) is 0. The molecular formula is C11H17N3O3S2. The van der Waals surface area contributed by atoms with Crippen molar-refractivity contribution in [2.45, 2.75) is 35.5 Å². The highest BCUT2D eigenvalue weighted by atomic mass is 32.2. The lowest BCUT2D eigenvalue weighted by Crippen LogP contribution is -2.18. The fourth-order valence-electron chi connectivity index (χ4n) is 1.70. The molecule has 0 amide bonds. The second-order valence-corrected chi connectivity index (χ2v) is 6.74. The Labute approximate surface area is 120 Å². The van der Waals surface area contributed by atoms with Crippen LogP contribution in [0.3, 0.4) is 0 Å². The van der Waals surface area contributed by atoms with Crippen LogP contribution in [0.4, 0.5) is 5.13 Å². The number of carbonyl (C=O) groups is 1. The summed E-state index contributed by atoms with van der Waals surface area (Å²) in [4.78, 5) is 11.3. The van der Waals surface area contributed by atoms with E-state index in [1.165, 1.54) is 30.2 Å². The first-order valence-electron chi connectivity index (χ1n) is 6.12. The van der Waals surface area contributed by atoms with Gasteiger partial charge in [0.15, 0.2) is 4.34 Å². The summed E-state index contributed by atoms with van der Waals surface area (Å²) in [5.74, 6) is -0.255. The van der Waals surface area contributed by atoms with Crippen LogP contribution in [0.1, 0.15) is 19.8 Å². The van der Waals surface area contributed by atoms with Gasteiger partial charge in [0.05, 0.1) is 13.2 Å². The van der Waals surface area contributed by atoms with Gasteiger partial charge in [-0.05, 0) is 19.8 Å². The van der Waals surface area contributed by atoms with Crippen molar-refractivity contribution in [3.05, 3.63) is 0 Å². The Bertz CT molecular complexity index is 421. The third-order valence-corrected chi connectivity index (χ3v) is 4.77. The number of hydrogen-bond acceptors (Lipinski definition) is 8. The molecule has 0 unspecified atom stereocenters. The molecule has 6 nitrogen and oxygen atoms in total. The lowest BCUT2D eigenvalue weighted by molar-refractivity contribution is -0.139. The number of methoxy groups -OCH3 is 1. The van der Waals surface area contributed by atoms with E-state index < -0.39 is 0 Å². The van der Waals surface area contributed by atoms with Crippen molar-refractivity contribution in [3.8, 4) is 0 Å². The SMILES string of the molecule is COC(=O)[C@@H](C)Sc1nnc(NC[C@H]2CCCO2)s1.